The van der Waals surface area contributed by atoms with Gasteiger partial charge in [0.1, 0.15) is 0 Å². The Kier molecular flexibility index (Phi) is 8.47. The van der Waals surface area contributed by atoms with Crippen LogP contribution in [-0.2, 0) is 19.5 Å². The van der Waals surface area contributed by atoms with E-state index in [0.29, 0.717) is 0 Å². The smallest absolute Gasteiger partial charge is 0 e. The summed E-state index contributed by atoms with van der Waals surface area (Å²) in [5.74, 6) is 0.833. The second kappa shape index (κ2) is 4.62. The molecule has 0 bridgehead atoms. The summed E-state index contributed by atoms with van der Waals surface area (Å²) in [6.07, 6.45) is 0. The quantitative estimate of drug-likeness (QED) is 0.430. The average Bonchev–Trinajstić information content (AvgIpc) is 0.811. The van der Waals surface area contributed by atoms with Gasteiger partial charge in [-0.15, -0.1) is 0 Å². The van der Waals surface area contributed by atoms with Crippen LogP contribution in [0.3, 0.4) is 0 Å². The Labute approximate surface area is 46.7 Å². The molecule has 0 fully saturated rings. The van der Waals surface area contributed by atoms with Crippen molar-refractivity contribution in [2.45, 2.75) is 20.8 Å². The van der Waals surface area contributed by atoms with Gasteiger partial charge in [-0.2, -0.15) is 0 Å². The molecule has 0 N–H and O–H groups in total. The summed E-state index contributed by atoms with van der Waals surface area (Å²) in [5, 5.41) is 0. The predicted octanol–water partition coefficient (Wildman–Crippen LogP) is 1.66. The fourth-order valence-electron chi connectivity index (χ4n) is 0. The van der Waals surface area contributed by atoms with Gasteiger partial charge in [0, 0.05) is 19.5 Å². The molecule has 0 atom stereocenters. The molecule has 0 aromatic carbocycles. The Bertz CT molecular complexity index is 8.36. The second-order valence-electron chi connectivity index (χ2n) is 1.73. The molecular weight excluding hydrogens is 113 g/mol. The fourth-order valence-corrected chi connectivity index (χ4v) is 0. The third kappa shape index (κ3) is 81.9. The summed E-state index contributed by atoms with van der Waals surface area (Å²) >= 11 is 0. The molecule has 0 radical (unpaired) electrons. The van der Waals surface area contributed by atoms with Crippen LogP contribution >= 0.6 is 0 Å². The van der Waals surface area contributed by atoms with Crippen molar-refractivity contribution in [3.63, 3.8) is 0 Å². The van der Waals surface area contributed by atoms with Gasteiger partial charge in [0.05, 0.1) is 0 Å². The van der Waals surface area contributed by atoms with Gasteiger partial charge < -0.3 is 0 Å². The first-order valence-corrected chi connectivity index (χ1v) is 1.73. The summed E-state index contributed by atoms with van der Waals surface area (Å²) in [7, 11) is 0. The predicted molar refractivity (Wildman–Crippen MR) is 20.5 cm³/mol. The molecule has 0 aromatic rings. The zero-order valence-electron chi connectivity index (χ0n) is 4.28. The first kappa shape index (κ1) is 9.16. The van der Waals surface area contributed by atoms with Crippen LogP contribution < -0.4 is 0 Å². The molecule has 0 spiro atoms. The minimum Gasteiger partial charge on any atom is -0.0630 e. The minimum atomic E-state index is 0. The maximum atomic E-state index is 2.17. The van der Waals surface area contributed by atoms with Gasteiger partial charge in [-0.25, -0.2) is 0 Å². The van der Waals surface area contributed by atoms with Crippen molar-refractivity contribution < 1.29 is 19.5 Å². The van der Waals surface area contributed by atoms with Crippen molar-refractivity contribution >= 4 is 0 Å². The Morgan fingerprint density at radius 3 is 1.00 bits per heavy atom. The molecular formula is C4H10Zn. The molecule has 0 heterocycles. The van der Waals surface area contributed by atoms with Crippen molar-refractivity contribution in [1.29, 1.82) is 0 Å². The van der Waals surface area contributed by atoms with E-state index < -0.39 is 0 Å². The minimum absolute atomic E-state index is 0. The van der Waals surface area contributed by atoms with Crippen LogP contribution in [0, 0.1) is 5.92 Å². The van der Waals surface area contributed by atoms with E-state index in [4.69, 9.17) is 0 Å². The van der Waals surface area contributed by atoms with Gasteiger partial charge in [-0.1, -0.05) is 20.8 Å². The van der Waals surface area contributed by atoms with Crippen molar-refractivity contribution in [2.75, 3.05) is 0 Å². The zero-order chi connectivity index (χ0) is 3.58. The van der Waals surface area contributed by atoms with Gasteiger partial charge in [0.2, 0.25) is 0 Å². The van der Waals surface area contributed by atoms with Gasteiger partial charge in [-0.05, 0) is 5.92 Å². The number of hydrogen-bond donors (Lipinski definition) is 0. The second-order valence-corrected chi connectivity index (χ2v) is 1.73. The molecule has 0 aromatic heterocycles. The average molecular weight is 124 g/mol. The van der Waals surface area contributed by atoms with E-state index in [1.807, 2.05) is 0 Å². The first-order chi connectivity index (χ1) is 1.73. The summed E-state index contributed by atoms with van der Waals surface area (Å²) in [5.41, 5.74) is 0. The monoisotopic (exact) mass is 122 g/mol. The maximum Gasteiger partial charge on any atom is 0 e. The van der Waals surface area contributed by atoms with Crippen LogP contribution in [0.1, 0.15) is 20.8 Å². The van der Waals surface area contributed by atoms with Gasteiger partial charge in [0.25, 0.3) is 0 Å². The Morgan fingerprint density at radius 2 is 1.00 bits per heavy atom. The van der Waals surface area contributed by atoms with E-state index in [2.05, 4.69) is 20.8 Å². The normalized spacial score (nSPS) is 7.20. The molecule has 0 rings (SSSR count). The van der Waals surface area contributed by atoms with E-state index in [1.54, 1.807) is 0 Å². The maximum absolute atomic E-state index is 2.17. The summed E-state index contributed by atoms with van der Waals surface area (Å²) < 4.78 is 0. The van der Waals surface area contributed by atoms with E-state index in [1.165, 1.54) is 0 Å². The summed E-state index contributed by atoms with van der Waals surface area (Å²) in [6, 6.07) is 0. The van der Waals surface area contributed by atoms with Crippen molar-refractivity contribution in [2.24, 2.45) is 5.92 Å². The summed E-state index contributed by atoms with van der Waals surface area (Å²) in [6.45, 7) is 6.50. The van der Waals surface area contributed by atoms with E-state index in [0.717, 1.165) is 5.92 Å². The Balaban J connectivity index is 0. The van der Waals surface area contributed by atoms with E-state index >= 15 is 0 Å². The van der Waals surface area contributed by atoms with Crippen molar-refractivity contribution in [1.82, 2.24) is 0 Å². The molecule has 0 saturated heterocycles. The largest absolute Gasteiger partial charge is 0.0630 e. The van der Waals surface area contributed by atoms with Gasteiger partial charge >= 0.3 is 0 Å². The summed E-state index contributed by atoms with van der Waals surface area (Å²) in [4.78, 5) is 0. The molecule has 28 valence electrons. The van der Waals surface area contributed by atoms with Crippen LogP contribution in [0.15, 0.2) is 0 Å². The fraction of sp³-hybridized carbons (Fsp3) is 1.00. The molecule has 0 aliphatic heterocycles. The molecule has 0 unspecified atom stereocenters. The van der Waals surface area contributed by atoms with Gasteiger partial charge in [0.15, 0.2) is 0 Å². The van der Waals surface area contributed by atoms with Crippen LogP contribution in [-0.4, -0.2) is 0 Å². The third-order valence-corrected chi connectivity index (χ3v) is 0. The van der Waals surface area contributed by atoms with E-state index in [9.17, 15) is 0 Å². The van der Waals surface area contributed by atoms with Crippen LogP contribution in [0.25, 0.3) is 0 Å². The molecule has 0 saturated carbocycles. The molecule has 0 amide bonds. The molecule has 5 heavy (non-hydrogen) atoms. The third-order valence-electron chi connectivity index (χ3n) is 0. The number of hydrogen-bond acceptors (Lipinski definition) is 0. The van der Waals surface area contributed by atoms with Crippen LogP contribution in [0.2, 0.25) is 0 Å². The topological polar surface area (TPSA) is 0 Å². The molecule has 1 heteroatoms. The van der Waals surface area contributed by atoms with Crippen LogP contribution in [0.4, 0.5) is 0 Å². The SMILES string of the molecule is CC(C)C.[Zn]. The van der Waals surface area contributed by atoms with Crippen molar-refractivity contribution in [3.05, 3.63) is 0 Å². The van der Waals surface area contributed by atoms with Crippen molar-refractivity contribution in [3.8, 4) is 0 Å². The molecule has 0 aliphatic rings. The standard InChI is InChI=1S/C4H10.Zn/c1-4(2)3;/h4H,1-3H3;. The van der Waals surface area contributed by atoms with Gasteiger partial charge in [-0.3, -0.25) is 0 Å². The molecule has 0 nitrogen and oxygen atoms in total. The zero-order valence-corrected chi connectivity index (χ0v) is 7.25. The first-order valence-electron chi connectivity index (χ1n) is 1.73. The Hall–Kier alpha value is 0.623. The Morgan fingerprint density at radius 1 is 1.00 bits per heavy atom. The van der Waals surface area contributed by atoms with Crippen LogP contribution in [0.5, 0.6) is 0 Å². The van der Waals surface area contributed by atoms with E-state index in [-0.39, 0.29) is 19.5 Å². The molecule has 0 aliphatic carbocycles. The number of rotatable bonds is 0.